The van der Waals surface area contributed by atoms with Crippen molar-refractivity contribution in [2.75, 3.05) is 6.54 Å². The van der Waals surface area contributed by atoms with Crippen molar-refractivity contribution < 1.29 is 24.3 Å². The van der Waals surface area contributed by atoms with Crippen LogP contribution in [0.5, 0.6) is 0 Å². The van der Waals surface area contributed by atoms with E-state index in [-0.39, 0.29) is 25.3 Å². The number of hydrogen-bond acceptors (Lipinski definition) is 4. The van der Waals surface area contributed by atoms with Crippen LogP contribution in [0, 0.1) is 0 Å². The summed E-state index contributed by atoms with van der Waals surface area (Å²) < 4.78 is 0. The van der Waals surface area contributed by atoms with Gasteiger partial charge in [0.15, 0.2) is 0 Å². The van der Waals surface area contributed by atoms with Gasteiger partial charge in [-0.25, -0.2) is 0 Å². The summed E-state index contributed by atoms with van der Waals surface area (Å²) in [6.07, 6.45) is 2.90. The van der Waals surface area contributed by atoms with Crippen molar-refractivity contribution in [2.24, 2.45) is 0 Å². The summed E-state index contributed by atoms with van der Waals surface area (Å²) in [7, 11) is 0. The van der Waals surface area contributed by atoms with E-state index in [2.05, 4.69) is 5.32 Å². The van der Waals surface area contributed by atoms with Crippen LogP contribution in [0.15, 0.2) is 24.3 Å². The van der Waals surface area contributed by atoms with E-state index >= 15 is 0 Å². The molecule has 0 bridgehead atoms. The van der Waals surface area contributed by atoms with Gasteiger partial charge >= 0.3 is 5.97 Å². The lowest BCUT2D eigenvalue weighted by molar-refractivity contribution is -0.139. The minimum Gasteiger partial charge on any atom is -0.481 e. The van der Waals surface area contributed by atoms with Crippen LogP contribution in [0.3, 0.4) is 0 Å². The Hall–Kier alpha value is -2.70. The Balaban J connectivity index is 1.60. The zero-order chi connectivity index (χ0) is 18.0. The number of fused-ring (bicyclic) bond motifs is 1. The SMILES string of the molecule is O=C(O)CC1(NC(=O)CCN2C(=O)c3ccccc3C2=O)CCCC1. The first-order chi connectivity index (χ1) is 11.9. The Labute approximate surface area is 145 Å². The molecule has 7 heteroatoms. The molecular weight excluding hydrogens is 324 g/mol. The lowest BCUT2D eigenvalue weighted by Gasteiger charge is -2.29. The maximum absolute atomic E-state index is 12.3. The standard InChI is InChI=1S/C18H20N2O5/c21-14(19-18(11-15(22)23)8-3-4-9-18)7-10-20-16(24)12-5-1-2-6-13(12)17(20)25/h1-2,5-6H,3-4,7-11H2,(H,19,21)(H,22,23). The van der Waals surface area contributed by atoms with Gasteiger partial charge < -0.3 is 10.4 Å². The Kier molecular flexibility index (Phi) is 4.57. The number of rotatable bonds is 6. The molecule has 1 saturated carbocycles. The Bertz CT molecular complexity index is 702. The highest BCUT2D eigenvalue weighted by molar-refractivity contribution is 6.21. The number of nitrogens with one attached hydrogen (secondary N) is 1. The van der Waals surface area contributed by atoms with Gasteiger partial charge in [-0.05, 0) is 25.0 Å². The lowest BCUT2D eigenvalue weighted by atomic mass is 9.93. The van der Waals surface area contributed by atoms with Crippen LogP contribution >= 0.6 is 0 Å². The van der Waals surface area contributed by atoms with Gasteiger partial charge in [0.25, 0.3) is 11.8 Å². The minimum absolute atomic E-state index is 0.0126. The molecule has 3 amide bonds. The van der Waals surface area contributed by atoms with Crippen LogP contribution < -0.4 is 5.32 Å². The van der Waals surface area contributed by atoms with Crippen LogP contribution in [-0.4, -0.2) is 45.8 Å². The van der Waals surface area contributed by atoms with Gasteiger partial charge in [-0.15, -0.1) is 0 Å². The van der Waals surface area contributed by atoms with Gasteiger partial charge in [-0.3, -0.25) is 24.1 Å². The third-order valence-electron chi connectivity index (χ3n) is 4.90. The second-order valence-electron chi connectivity index (χ2n) is 6.66. The molecule has 0 radical (unpaired) electrons. The summed E-state index contributed by atoms with van der Waals surface area (Å²) in [5, 5.41) is 11.9. The predicted octanol–water partition coefficient (Wildman–Crippen LogP) is 1.58. The van der Waals surface area contributed by atoms with Gasteiger partial charge in [-0.1, -0.05) is 25.0 Å². The van der Waals surface area contributed by atoms with E-state index in [1.165, 1.54) is 0 Å². The molecule has 7 nitrogen and oxygen atoms in total. The first-order valence-electron chi connectivity index (χ1n) is 8.40. The van der Waals surface area contributed by atoms with Crippen molar-refractivity contribution in [3.8, 4) is 0 Å². The minimum atomic E-state index is -0.942. The van der Waals surface area contributed by atoms with Crippen molar-refractivity contribution >= 4 is 23.7 Å². The Morgan fingerprint density at radius 2 is 1.64 bits per heavy atom. The van der Waals surface area contributed by atoms with E-state index in [1.54, 1.807) is 24.3 Å². The fourth-order valence-electron chi connectivity index (χ4n) is 3.70. The number of aliphatic carboxylic acids is 1. The monoisotopic (exact) mass is 344 g/mol. The first kappa shape index (κ1) is 17.1. The summed E-state index contributed by atoms with van der Waals surface area (Å²) >= 11 is 0. The quantitative estimate of drug-likeness (QED) is 0.763. The molecule has 1 aliphatic heterocycles. The largest absolute Gasteiger partial charge is 0.481 e. The first-order valence-corrected chi connectivity index (χ1v) is 8.40. The number of carbonyl (C=O) groups is 4. The third-order valence-corrected chi connectivity index (χ3v) is 4.90. The Morgan fingerprint density at radius 1 is 1.08 bits per heavy atom. The molecule has 25 heavy (non-hydrogen) atoms. The van der Waals surface area contributed by atoms with Crippen molar-refractivity contribution in [3.05, 3.63) is 35.4 Å². The van der Waals surface area contributed by atoms with Crippen LogP contribution in [-0.2, 0) is 9.59 Å². The number of carboxylic acids is 1. The average Bonchev–Trinajstić information content (AvgIpc) is 3.10. The summed E-state index contributed by atoms with van der Waals surface area (Å²) in [6, 6.07) is 6.57. The molecule has 1 fully saturated rings. The molecule has 1 aromatic carbocycles. The second kappa shape index (κ2) is 6.66. The van der Waals surface area contributed by atoms with Gasteiger partial charge in [0.2, 0.25) is 5.91 Å². The summed E-state index contributed by atoms with van der Waals surface area (Å²) in [5.41, 5.74) is 0.00218. The van der Waals surface area contributed by atoms with Crippen LogP contribution in [0.2, 0.25) is 0 Å². The molecule has 2 N–H and O–H groups in total. The highest BCUT2D eigenvalue weighted by Gasteiger charge is 2.38. The van der Waals surface area contributed by atoms with E-state index in [1.807, 2.05) is 0 Å². The highest BCUT2D eigenvalue weighted by atomic mass is 16.4. The number of benzene rings is 1. The average molecular weight is 344 g/mol. The number of hydrogen-bond donors (Lipinski definition) is 2. The van der Waals surface area contributed by atoms with Crippen molar-refractivity contribution in [1.82, 2.24) is 10.2 Å². The molecule has 3 rings (SSSR count). The van der Waals surface area contributed by atoms with E-state index in [4.69, 9.17) is 5.11 Å². The van der Waals surface area contributed by atoms with Crippen molar-refractivity contribution in [3.63, 3.8) is 0 Å². The van der Waals surface area contributed by atoms with Gasteiger partial charge in [0.05, 0.1) is 23.1 Å². The maximum atomic E-state index is 12.3. The predicted molar refractivity (Wildman–Crippen MR) is 88.0 cm³/mol. The van der Waals surface area contributed by atoms with Crippen molar-refractivity contribution in [1.29, 1.82) is 0 Å². The zero-order valence-electron chi connectivity index (χ0n) is 13.8. The van der Waals surface area contributed by atoms with Crippen LogP contribution in [0.4, 0.5) is 0 Å². The smallest absolute Gasteiger partial charge is 0.305 e. The fourth-order valence-corrected chi connectivity index (χ4v) is 3.70. The fraction of sp³-hybridized carbons (Fsp3) is 0.444. The second-order valence-corrected chi connectivity index (χ2v) is 6.66. The zero-order valence-corrected chi connectivity index (χ0v) is 13.8. The van der Waals surface area contributed by atoms with E-state index < -0.39 is 23.3 Å². The number of imide groups is 1. The number of carboxylic acid groups (broad SMARTS) is 1. The molecule has 2 aliphatic rings. The molecule has 0 saturated heterocycles. The molecule has 0 aromatic heterocycles. The van der Waals surface area contributed by atoms with E-state index in [0.717, 1.165) is 17.7 Å². The number of amides is 3. The molecular formula is C18H20N2O5. The van der Waals surface area contributed by atoms with E-state index in [0.29, 0.717) is 24.0 Å². The highest BCUT2D eigenvalue weighted by Crippen LogP contribution is 2.32. The van der Waals surface area contributed by atoms with Gasteiger partial charge in [-0.2, -0.15) is 0 Å². The molecule has 1 heterocycles. The van der Waals surface area contributed by atoms with Crippen LogP contribution in [0.25, 0.3) is 0 Å². The Morgan fingerprint density at radius 3 is 2.16 bits per heavy atom. The number of carbonyl (C=O) groups excluding carboxylic acids is 3. The summed E-state index contributed by atoms with van der Waals surface area (Å²) in [6.45, 7) is -0.0126. The van der Waals surface area contributed by atoms with Crippen LogP contribution in [0.1, 0.15) is 59.2 Å². The van der Waals surface area contributed by atoms with E-state index in [9.17, 15) is 19.2 Å². The molecule has 1 aliphatic carbocycles. The third kappa shape index (κ3) is 3.40. The topological polar surface area (TPSA) is 104 Å². The molecule has 1 aromatic rings. The molecule has 0 atom stereocenters. The molecule has 0 spiro atoms. The normalized spacial score (nSPS) is 18.3. The lowest BCUT2D eigenvalue weighted by Crippen LogP contribution is -2.48. The van der Waals surface area contributed by atoms with Crippen molar-refractivity contribution in [2.45, 2.75) is 44.1 Å². The number of nitrogens with zero attached hydrogens (tertiary/aromatic N) is 1. The molecule has 0 unspecified atom stereocenters. The maximum Gasteiger partial charge on any atom is 0.305 e. The van der Waals surface area contributed by atoms with Gasteiger partial charge in [0, 0.05) is 13.0 Å². The summed E-state index contributed by atoms with van der Waals surface area (Å²) in [5.74, 6) is -2.06. The molecule has 132 valence electrons. The summed E-state index contributed by atoms with van der Waals surface area (Å²) in [4.78, 5) is 49.0. The van der Waals surface area contributed by atoms with Gasteiger partial charge in [0.1, 0.15) is 0 Å².